The molecule has 1 aromatic heterocycles. The predicted octanol–water partition coefficient (Wildman–Crippen LogP) is 5.01. The number of nitro groups is 1. The van der Waals surface area contributed by atoms with Crippen LogP contribution in [0.4, 0.5) is 18.9 Å². The van der Waals surface area contributed by atoms with Gasteiger partial charge in [0.15, 0.2) is 0 Å². The Kier molecular flexibility index (Phi) is 6.91. The molecule has 3 rings (SSSR count). The Morgan fingerprint density at radius 2 is 1.81 bits per heavy atom. The number of pyridine rings is 1. The Labute approximate surface area is 179 Å². The average molecular weight is 447 g/mol. The van der Waals surface area contributed by atoms with Crippen LogP contribution in [0.5, 0.6) is 0 Å². The maximum atomic E-state index is 12.8. The van der Waals surface area contributed by atoms with Crippen molar-refractivity contribution in [2.75, 3.05) is 5.75 Å². The van der Waals surface area contributed by atoms with Crippen LogP contribution in [0.15, 0.2) is 77.8 Å². The van der Waals surface area contributed by atoms with E-state index in [2.05, 4.69) is 10.3 Å². The third-order valence-corrected chi connectivity index (χ3v) is 5.33. The number of amides is 1. The number of rotatable bonds is 7. The van der Waals surface area contributed by atoms with Gasteiger partial charge in [0.2, 0.25) is 5.91 Å². The van der Waals surface area contributed by atoms with Crippen molar-refractivity contribution >= 4 is 23.4 Å². The molecule has 3 aromatic rings. The van der Waals surface area contributed by atoms with Gasteiger partial charge in [0.05, 0.1) is 32.9 Å². The van der Waals surface area contributed by atoms with Crippen LogP contribution in [0.3, 0.4) is 0 Å². The van der Waals surface area contributed by atoms with Crippen LogP contribution >= 0.6 is 11.8 Å². The fourth-order valence-corrected chi connectivity index (χ4v) is 3.64. The fraction of sp³-hybridized carbons (Fsp3) is 0.143. The molecule has 1 atom stereocenters. The second-order valence-corrected chi connectivity index (χ2v) is 7.41. The number of hydrogen-bond acceptors (Lipinski definition) is 5. The average Bonchev–Trinajstić information content (AvgIpc) is 2.76. The summed E-state index contributed by atoms with van der Waals surface area (Å²) in [4.78, 5) is 27.1. The number of nitrogens with zero attached hydrogens (tertiary/aromatic N) is 2. The molecule has 0 aliphatic rings. The number of halogens is 3. The lowest BCUT2D eigenvalue weighted by Gasteiger charge is -2.19. The normalized spacial score (nSPS) is 12.2. The first-order valence-corrected chi connectivity index (χ1v) is 9.98. The van der Waals surface area contributed by atoms with Gasteiger partial charge in [0.25, 0.3) is 5.69 Å². The summed E-state index contributed by atoms with van der Waals surface area (Å²) in [5, 5.41) is 14.0. The lowest BCUT2D eigenvalue weighted by molar-refractivity contribution is -0.388. The van der Waals surface area contributed by atoms with Gasteiger partial charge >= 0.3 is 6.18 Å². The molecule has 0 aliphatic carbocycles. The summed E-state index contributed by atoms with van der Waals surface area (Å²) in [6.07, 6.45) is -3.10. The quantitative estimate of drug-likeness (QED) is 0.313. The molecule has 6 nitrogen and oxygen atoms in total. The third-order valence-electron chi connectivity index (χ3n) is 4.26. The van der Waals surface area contributed by atoms with Crippen LogP contribution in [-0.4, -0.2) is 21.6 Å². The van der Waals surface area contributed by atoms with E-state index in [9.17, 15) is 28.1 Å². The number of benzene rings is 2. The number of thioether (sulfide) groups is 1. The summed E-state index contributed by atoms with van der Waals surface area (Å²) >= 11 is 0.794. The van der Waals surface area contributed by atoms with E-state index < -0.39 is 34.3 Å². The minimum Gasteiger partial charge on any atom is -0.343 e. The molecule has 0 fully saturated rings. The predicted molar refractivity (Wildman–Crippen MR) is 109 cm³/mol. The van der Waals surface area contributed by atoms with E-state index in [-0.39, 0.29) is 10.6 Å². The van der Waals surface area contributed by atoms with Crippen LogP contribution in [0.2, 0.25) is 0 Å². The van der Waals surface area contributed by atoms with Crippen molar-refractivity contribution in [3.8, 4) is 0 Å². The molecule has 0 spiro atoms. The van der Waals surface area contributed by atoms with E-state index in [0.717, 1.165) is 29.5 Å². The number of nitrogens with one attached hydrogen (secondary N) is 1. The van der Waals surface area contributed by atoms with Gasteiger partial charge in [-0.05, 0) is 29.8 Å². The maximum absolute atomic E-state index is 12.8. The van der Waals surface area contributed by atoms with Gasteiger partial charge in [0.1, 0.15) is 0 Å². The molecule has 1 unspecified atom stereocenters. The van der Waals surface area contributed by atoms with Gasteiger partial charge in [-0.1, -0.05) is 36.4 Å². The van der Waals surface area contributed by atoms with Gasteiger partial charge in [-0.25, -0.2) is 0 Å². The molecule has 10 heteroatoms. The van der Waals surface area contributed by atoms with Crippen LogP contribution in [0, 0.1) is 10.1 Å². The topological polar surface area (TPSA) is 85.1 Å². The number of carbonyl (C=O) groups is 1. The molecule has 160 valence electrons. The van der Waals surface area contributed by atoms with Crippen molar-refractivity contribution < 1.29 is 22.9 Å². The smallest absolute Gasteiger partial charge is 0.343 e. The Hall–Kier alpha value is -3.40. The van der Waals surface area contributed by atoms with Crippen molar-refractivity contribution in [1.29, 1.82) is 0 Å². The summed E-state index contributed by atoms with van der Waals surface area (Å²) in [5.74, 6) is -0.666. The standard InChI is InChI=1S/C21H16F3N3O3S/c22-21(23,24)15-9-10-18(17(12-15)27(29)30)31-13-19(28)26-20(14-6-2-1-3-7-14)16-8-4-5-11-25-16/h1-12,20H,13H2,(H,26,28). The van der Waals surface area contributed by atoms with Crippen molar-refractivity contribution in [2.45, 2.75) is 17.1 Å². The first kappa shape index (κ1) is 22.3. The Bertz CT molecular complexity index is 1020. The second-order valence-electron chi connectivity index (χ2n) is 6.39. The lowest BCUT2D eigenvalue weighted by Crippen LogP contribution is -2.31. The van der Waals surface area contributed by atoms with Crippen LogP contribution in [0.1, 0.15) is 22.9 Å². The molecule has 31 heavy (non-hydrogen) atoms. The number of aromatic nitrogens is 1. The van der Waals surface area contributed by atoms with Crippen molar-refractivity contribution in [3.05, 3.63) is 99.9 Å². The van der Waals surface area contributed by atoms with Crippen molar-refractivity contribution in [3.63, 3.8) is 0 Å². The van der Waals surface area contributed by atoms with E-state index >= 15 is 0 Å². The first-order chi connectivity index (χ1) is 14.8. The molecule has 0 bridgehead atoms. The van der Waals surface area contributed by atoms with Gasteiger partial charge in [0, 0.05) is 12.3 Å². The molecule has 1 amide bonds. The van der Waals surface area contributed by atoms with E-state index in [1.165, 1.54) is 0 Å². The Morgan fingerprint density at radius 3 is 2.42 bits per heavy atom. The summed E-state index contributed by atoms with van der Waals surface area (Å²) in [5.41, 5.74) is -0.420. The van der Waals surface area contributed by atoms with Crippen molar-refractivity contribution in [2.24, 2.45) is 0 Å². The molecule has 2 aromatic carbocycles. The SMILES string of the molecule is O=C(CSc1ccc(C(F)(F)F)cc1[N+](=O)[O-])NC(c1ccccc1)c1ccccn1. The second kappa shape index (κ2) is 9.61. The lowest BCUT2D eigenvalue weighted by atomic mass is 10.0. The number of carbonyl (C=O) groups excluding carboxylic acids is 1. The molecular formula is C21H16F3N3O3S. The first-order valence-electron chi connectivity index (χ1n) is 8.99. The molecule has 0 aliphatic heterocycles. The molecule has 0 radical (unpaired) electrons. The zero-order valence-corrected chi connectivity index (χ0v) is 16.7. The summed E-state index contributed by atoms with van der Waals surface area (Å²) in [7, 11) is 0. The molecule has 1 N–H and O–H groups in total. The molecule has 1 heterocycles. The number of hydrogen-bond donors (Lipinski definition) is 1. The highest BCUT2D eigenvalue weighted by Crippen LogP contribution is 2.36. The van der Waals surface area contributed by atoms with Gasteiger partial charge < -0.3 is 5.32 Å². The number of nitro benzene ring substituents is 1. The van der Waals surface area contributed by atoms with Crippen LogP contribution < -0.4 is 5.32 Å². The highest BCUT2D eigenvalue weighted by atomic mass is 32.2. The molecule has 0 saturated heterocycles. The Morgan fingerprint density at radius 1 is 1.10 bits per heavy atom. The Balaban J connectivity index is 1.76. The minimum atomic E-state index is -4.70. The summed E-state index contributed by atoms with van der Waals surface area (Å²) in [6.45, 7) is 0. The number of alkyl halides is 3. The zero-order chi connectivity index (χ0) is 22.4. The van der Waals surface area contributed by atoms with E-state index in [4.69, 9.17) is 0 Å². The fourth-order valence-electron chi connectivity index (χ4n) is 2.82. The maximum Gasteiger partial charge on any atom is 0.416 e. The van der Waals surface area contributed by atoms with E-state index in [1.807, 2.05) is 30.3 Å². The zero-order valence-electron chi connectivity index (χ0n) is 15.9. The monoisotopic (exact) mass is 447 g/mol. The largest absolute Gasteiger partial charge is 0.416 e. The van der Waals surface area contributed by atoms with Gasteiger partial charge in [-0.15, -0.1) is 11.8 Å². The summed E-state index contributed by atoms with van der Waals surface area (Å²) in [6, 6.07) is 16.1. The molecular weight excluding hydrogens is 431 g/mol. The minimum absolute atomic E-state index is 0.0257. The van der Waals surface area contributed by atoms with Gasteiger partial charge in [-0.2, -0.15) is 13.2 Å². The summed E-state index contributed by atoms with van der Waals surface area (Å²) < 4.78 is 38.5. The van der Waals surface area contributed by atoms with Crippen LogP contribution in [0.25, 0.3) is 0 Å². The van der Waals surface area contributed by atoms with Crippen molar-refractivity contribution in [1.82, 2.24) is 10.3 Å². The third kappa shape index (κ3) is 5.82. The highest BCUT2D eigenvalue weighted by molar-refractivity contribution is 8.00. The van der Waals surface area contributed by atoms with E-state index in [0.29, 0.717) is 11.8 Å². The van der Waals surface area contributed by atoms with E-state index in [1.54, 1.807) is 24.4 Å². The van der Waals surface area contributed by atoms with Crippen LogP contribution in [-0.2, 0) is 11.0 Å². The molecule has 0 saturated carbocycles. The highest BCUT2D eigenvalue weighted by Gasteiger charge is 2.33. The van der Waals surface area contributed by atoms with Gasteiger partial charge in [-0.3, -0.25) is 19.9 Å².